The fourth-order valence-corrected chi connectivity index (χ4v) is 5.97. The number of fused-ring (bicyclic) bond motifs is 1. The van der Waals surface area contributed by atoms with Crippen molar-refractivity contribution >= 4 is 28.7 Å². The molecule has 1 aromatic heterocycles. The highest BCUT2D eigenvalue weighted by Gasteiger charge is 2.22. The Morgan fingerprint density at radius 3 is 2.84 bits per heavy atom. The Hall–Kier alpha value is -2.44. The molecule has 0 fully saturated rings. The molecule has 1 aliphatic heterocycles. The minimum Gasteiger partial charge on any atom is -0.334 e. The fourth-order valence-electron chi connectivity index (χ4n) is 4.72. The Balaban J connectivity index is 1.52. The van der Waals surface area contributed by atoms with Crippen molar-refractivity contribution in [2.75, 3.05) is 25.0 Å². The minimum atomic E-state index is -0.255. The molecule has 6 heteroatoms. The summed E-state index contributed by atoms with van der Waals surface area (Å²) in [6, 6.07) is -0.255. The first kappa shape index (κ1) is 21.8. The van der Waals surface area contributed by atoms with Gasteiger partial charge in [-0.1, -0.05) is 23.8 Å². The zero-order valence-electron chi connectivity index (χ0n) is 18.4. The lowest BCUT2D eigenvalue weighted by Gasteiger charge is -2.24. The Morgan fingerprint density at radius 2 is 2.10 bits per heavy atom. The van der Waals surface area contributed by atoms with Crippen LogP contribution in [-0.4, -0.2) is 32.0 Å². The Bertz CT molecular complexity index is 1010. The molecule has 3 aliphatic rings. The summed E-state index contributed by atoms with van der Waals surface area (Å²) in [5.74, 6) is 0. The van der Waals surface area contributed by atoms with Crippen LogP contribution in [0.5, 0.6) is 0 Å². The zero-order chi connectivity index (χ0) is 21.8. The summed E-state index contributed by atoms with van der Waals surface area (Å²) in [5.41, 5.74) is 8.15. The van der Waals surface area contributed by atoms with Crippen LogP contribution in [0.2, 0.25) is 0 Å². The Morgan fingerprint density at radius 1 is 1.26 bits per heavy atom. The molecule has 0 aromatic carbocycles. The second-order valence-electron chi connectivity index (χ2n) is 8.47. The molecule has 1 aromatic rings. The third kappa shape index (κ3) is 4.75. The zero-order valence-corrected chi connectivity index (χ0v) is 19.2. The maximum atomic E-state index is 12.8. The number of thiophene rings is 1. The molecule has 2 heterocycles. The summed E-state index contributed by atoms with van der Waals surface area (Å²) in [4.78, 5) is 25.7. The van der Waals surface area contributed by atoms with Crippen molar-refractivity contribution in [2.24, 2.45) is 0 Å². The lowest BCUT2D eigenvalue weighted by atomic mass is 9.89. The smallest absolute Gasteiger partial charge is 0.320 e. The van der Waals surface area contributed by atoms with Gasteiger partial charge in [0.25, 0.3) is 0 Å². The van der Waals surface area contributed by atoms with Gasteiger partial charge in [-0.05, 0) is 86.8 Å². The van der Waals surface area contributed by atoms with Gasteiger partial charge in [-0.2, -0.15) is 0 Å². The van der Waals surface area contributed by atoms with E-state index in [-0.39, 0.29) is 6.03 Å². The molecular formula is C25H31N3O2S. The van der Waals surface area contributed by atoms with Crippen LogP contribution in [0.15, 0.2) is 46.1 Å². The van der Waals surface area contributed by atoms with Crippen LogP contribution in [0, 0.1) is 0 Å². The van der Waals surface area contributed by atoms with E-state index in [2.05, 4.69) is 48.0 Å². The van der Waals surface area contributed by atoms with E-state index >= 15 is 0 Å². The molecule has 164 valence electrons. The van der Waals surface area contributed by atoms with E-state index in [0.717, 1.165) is 63.5 Å². The van der Waals surface area contributed by atoms with Crippen molar-refractivity contribution in [3.05, 3.63) is 62.1 Å². The number of nitrogens with one attached hydrogen (secondary N) is 3. The van der Waals surface area contributed by atoms with Crippen LogP contribution in [0.3, 0.4) is 0 Å². The first-order chi connectivity index (χ1) is 15.1. The first-order valence-electron chi connectivity index (χ1n) is 11.2. The molecule has 4 rings (SSSR count). The number of aryl methyl sites for hydroxylation is 1. The molecule has 31 heavy (non-hydrogen) atoms. The number of urea groups is 1. The monoisotopic (exact) mass is 437 g/mol. The van der Waals surface area contributed by atoms with Crippen LogP contribution in [0.4, 0.5) is 9.80 Å². The number of allylic oxidation sites excluding steroid dienone is 5. The maximum absolute atomic E-state index is 12.8. The standard InChI is InChI=1S/C25H31N3O2S/c1-16-13-26-12-11-19(16)21(17(2)18-7-3-4-8-18)14-27-25(30)28-24-22(15-29)20-9-5-6-10-23(20)31-24/h3,7-8,15,26H,4-6,9-14H2,1-2H3,(H2,27,28,30)/b21-17+. The number of carbonyl (C=O) groups is 2. The van der Waals surface area contributed by atoms with E-state index in [1.165, 1.54) is 32.7 Å². The maximum Gasteiger partial charge on any atom is 0.320 e. The van der Waals surface area contributed by atoms with Crippen LogP contribution >= 0.6 is 11.3 Å². The van der Waals surface area contributed by atoms with E-state index in [1.807, 2.05) is 0 Å². The predicted molar refractivity (Wildman–Crippen MR) is 128 cm³/mol. The van der Waals surface area contributed by atoms with Crippen molar-refractivity contribution in [2.45, 2.75) is 52.4 Å². The molecule has 0 radical (unpaired) electrons. The first-order valence-corrected chi connectivity index (χ1v) is 12.0. The van der Waals surface area contributed by atoms with E-state index in [1.54, 1.807) is 11.3 Å². The number of anilines is 1. The Labute approximate surface area is 188 Å². The lowest BCUT2D eigenvalue weighted by molar-refractivity contribution is 0.112. The van der Waals surface area contributed by atoms with E-state index < -0.39 is 0 Å². The summed E-state index contributed by atoms with van der Waals surface area (Å²) >= 11 is 1.55. The molecule has 0 atom stereocenters. The number of rotatable bonds is 6. The van der Waals surface area contributed by atoms with Gasteiger partial charge in [0.15, 0.2) is 6.29 Å². The van der Waals surface area contributed by atoms with Gasteiger partial charge in [0.1, 0.15) is 5.00 Å². The molecule has 2 aliphatic carbocycles. The predicted octanol–water partition coefficient (Wildman–Crippen LogP) is 5.07. The molecule has 0 saturated heterocycles. The van der Waals surface area contributed by atoms with Gasteiger partial charge >= 0.3 is 6.03 Å². The van der Waals surface area contributed by atoms with Crippen molar-refractivity contribution in [1.29, 1.82) is 0 Å². The van der Waals surface area contributed by atoms with E-state index in [9.17, 15) is 9.59 Å². The summed E-state index contributed by atoms with van der Waals surface area (Å²) in [5, 5.41) is 10.1. The van der Waals surface area contributed by atoms with Gasteiger partial charge < -0.3 is 10.6 Å². The van der Waals surface area contributed by atoms with Gasteiger partial charge in [-0.3, -0.25) is 10.1 Å². The minimum absolute atomic E-state index is 0.255. The quantitative estimate of drug-likeness (QED) is 0.544. The fraction of sp³-hybridized carbons (Fsp3) is 0.440. The molecule has 3 N–H and O–H groups in total. The second-order valence-corrected chi connectivity index (χ2v) is 9.57. The van der Waals surface area contributed by atoms with E-state index in [4.69, 9.17) is 0 Å². The topological polar surface area (TPSA) is 70.2 Å². The van der Waals surface area contributed by atoms with Crippen LogP contribution in [0.25, 0.3) is 0 Å². The molecule has 2 amide bonds. The van der Waals surface area contributed by atoms with E-state index in [0.29, 0.717) is 17.1 Å². The third-order valence-electron chi connectivity index (χ3n) is 6.46. The second kappa shape index (κ2) is 9.79. The number of hydrogen-bond acceptors (Lipinski definition) is 4. The molecular weight excluding hydrogens is 406 g/mol. The molecule has 0 spiro atoms. The number of amides is 2. The normalized spacial score (nSPS) is 19.0. The van der Waals surface area contributed by atoms with Gasteiger partial charge in [0, 0.05) is 18.0 Å². The highest BCUT2D eigenvalue weighted by molar-refractivity contribution is 7.16. The highest BCUT2D eigenvalue weighted by atomic mass is 32.1. The Kier molecular flexibility index (Phi) is 6.88. The summed E-state index contributed by atoms with van der Waals surface area (Å²) in [6.07, 6.45) is 13.6. The van der Waals surface area contributed by atoms with Gasteiger partial charge in [-0.25, -0.2) is 4.79 Å². The van der Waals surface area contributed by atoms with Crippen molar-refractivity contribution in [1.82, 2.24) is 10.6 Å². The van der Waals surface area contributed by atoms with Crippen molar-refractivity contribution in [3.8, 4) is 0 Å². The highest BCUT2D eigenvalue weighted by Crippen LogP contribution is 2.37. The number of aldehydes is 1. The van der Waals surface area contributed by atoms with Gasteiger partial charge in [0.2, 0.25) is 0 Å². The van der Waals surface area contributed by atoms with Crippen molar-refractivity contribution in [3.63, 3.8) is 0 Å². The number of carbonyl (C=O) groups excluding carboxylic acids is 2. The van der Waals surface area contributed by atoms with Crippen LogP contribution in [-0.2, 0) is 12.8 Å². The SMILES string of the molecule is CC1=C(/C(CNC(=O)Nc2sc3c(c2C=O)CCCC3)=C(\C)C2=CCC=C2)CCNC1. The van der Waals surface area contributed by atoms with Crippen LogP contribution in [0.1, 0.15) is 60.3 Å². The summed E-state index contributed by atoms with van der Waals surface area (Å²) < 4.78 is 0. The average Bonchev–Trinajstić information content (AvgIpc) is 3.42. The average molecular weight is 438 g/mol. The largest absolute Gasteiger partial charge is 0.334 e. The molecule has 0 saturated carbocycles. The van der Waals surface area contributed by atoms with Crippen molar-refractivity contribution < 1.29 is 9.59 Å². The van der Waals surface area contributed by atoms with Gasteiger partial charge in [0.05, 0.1) is 5.56 Å². The van der Waals surface area contributed by atoms with Crippen LogP contribution < -0.4 is 16.0 Å². The summed E-state index contributed by atoms with van der Waals surface area (Å²) in [7, 11) is 0. The molecule has 0 unspecified atom stereocenters. The van der Waals surface area contributed by atoms with Gasteiger partial charge in [-0.15, -0.1) is 11.3 Å². The third-order valence-corrected chi connectivity index (χ3v) is 7.68. The number of hydrogen-bond donors (Lipinski definition) is 3. The summed E-state index contributed by atoms with van der Waals surface area (Å²) in [6.45, 7) is 6.62. The molecule has 0 bridgehead atoms. The molecule has 5 nitrogen and oxygen atoms in total. The lowest BCUT2D eigenvalue weighted by Crippen LogP contribution is -2.33.